The number of carbonyl (C=O) groups excluding carboxylic acids is 2. The van der Waals surface area contributed by atoms with Gasteiger partial charge in [-0.1, -0.05) is 6.07 Å². The zero-order valence-electron chi connectivity index (χ0n) is 14.6. The van der Waals surface area contributed by atoms with Crippen LogP contribution < -0.4 is 4.90 Å². The SMILES string of the molecule is Cc1ccc(N(C(=O)c2cc(O)cc(C(=O)N(C)C)c2)C2CC2)nc1. The van der Waals surface area contributed by atoms with Crippen LogP contribution in [0.3, 0.4) is 0 Å². The Hall–Kier alpha value is -2.89. The molecule has 2 aromatic rings. The molecule has 0 radical (unpaired) electrons. The molecule has 1 aromatic heterocycles. The van der Waals surface area contributed by atoms with Gasteiger partial charge in [-0.15, -0.1) is 0 Å². The second-order valence-corrected chi connectivity index (χ2v) is 6.57. The van der Waals surface area contributed by atoms with Gasteiger partial charge in [-0.05, 0) is 49.6 Å². The summed E-state index contributed by atoms with van der Waals surface area (Å²) in [5, 5.41) is 9.96. The summed E-state index contributed by atoms with van der Waals surface area (Å²) >= 11 is 0. The molecule has 0 unspecified atom stereocenters. The van der Waals surface area contributed by atoms with E-state index in [1.807, 2.05) is 19.1 Å². The van der Waals surface area contributed by atoms with E-state index in [2.05, 4.69) is 4.98 Å². The largest absolute Gasteiger partial charge is 0.508 e. The van der Waals surface area contributed by atoms with E-state index < -0.39 is 0 Å². The Morgan fingerprint density at radius 3 is 2.24 bits per heavy atom. The topological polar surface area (TPSA) is 73.7 Å². The second kappa shape index (κ2) is 6.55. The van der Waals surface area contributed by atoms with Crippen molar-refractivity contribution in [1.82, 2.24) is 9.88 Å². The number of phenols is 1. The van der Waals surface area contributed by atoms with Crippen molar-refractivity contribution in [3.63, 3.8) is 0 Å². The minimum absolute atomic E-state index is 0.108. The van der Waals surface area contributed by atoms with E-state index in [1.165, 1.54) is 23.1 Å². The number of aryl methyl sites for hydroxylation is 1. The van der Waals surface area contributed by atoms with Gasteiger partial charge in [0.2, 0.25) is 0 Å². The minimum Gasteiger partial charge on any atom is -0.508 e. The molecule has 1 saturated carbocycles. The van der Waals surface area contributed by atoms with Gasteiger partial charge < -0.3 is 10.0 Å². The van der Waals surface area contributed by atoms with Gasteiger partial charge in [0.05, 0.1) is 0 Å². The van der Waals surface area contributed by atoms with Gasteiger partial charge in [0, 0.05) is 37.5 Å². The maximum Gasteiger partial charge on any atom is 0.259 e. The first-order chi connectivity index (χ1) is 11.9. The fourth-order valence-electron chi connectivity index (χ4n) is 2.65. The molecule has 130 valence electrons. The molecule has 0 atom stereocenters. The fraction of sp³-hybridized carbons (Fsp3) is 0.316. The molecular weight excluding hydrogens is 318 g/mol. The summed E-state index contributed by atoms with van der Waals surface area (Å²) in [5.74, 6) is -0.0514. The fourth-order valence-corrected chi connectivity index (χ4v) is 2.65. The van der Waals surface area contributed by atoms with Gasteiger partial charge in [-0.3, -0.25) is 14.5 Å². The number of benzene rings is 1. The molecule has 0 bridgehead atoms. The predicted octanol–water partition coefficient (Wildman–Crippen LogP) is 2.61. The van der Waals surface area contributed by atoms with E-state index in [0.717, 1.165) is 18.4 Å². The number of phenolic OH excluding ortho intramolecular Hbond substituents is 1. The van der Waals surface area contributed by atoms with Crippen LogP contribution in [-0.2, 0) is 0 Å². The number of hydrogen-bond donors (Lipinski definition) is 1. The van der Waals surface area contributed by atoms with Crippen molar-refractivity contribution in [1.29, 1.82) is 0 Å². The number of aromatic hydroxyl groups is 1. The van der Waals surface area contributed by atoms with Gasteiger partial charge in [-0.25, -0.2) is 4.98 Å². The van der Waals surface area contributed by atoms with Gasteiger partial charge in [-0.2, -0.15) is 0 Å². The summed E-state index contributed by atoms with van der Waals surface area (Å²) in [6, 6.07) is 8.11. The molecule has 1 N–H and O–H groups in total. The van der Waals surface area contributed by atoms with Crippen molar-refractivity contribution in [2.75, 3.05) is 19.0 Å². The third kappa shape index (κ3) is 3.63. The van der Waals surface area contributed by atoms with Crippen LogP contribution in [0.1, 0.15) is 39.1 Å². The molecule has 2 amide bonds. The van der Waals surface area contributed by atoms with Crippen molar-refractivity contribution in [2.24, 2.45) is 0 Å². The molecule has 1 fully saturated rings. The molecule has 1 aliphatic carbocycles. The molecule has 6 nitrogen and oxygen atoms in total. The van der Waals surface area contributed by atoms with Crippen LogP contribution in [0.25, 0.3) is 0 Å². The Balaban J connectivity index is 1.97. The number of rotatable bonds is 4. The van der Waals surface area contributed by atoms with E-state index in [4.69, 9.17) is 0 Å². The summed E-state index contributed by atoms with van der Waals surface area (Å²) in [4.78, 5) is 32.7. The average molecular weight is 339 g/mol. The molecule has 1 heterocycles. The van der Waals surface area contributed by atoms with Crippen LogP contribution in [0, 0.1) is 6.92 Å². The van der Waals surface area contributed by atoms with Crippen LogP contribution in [-0.4, -0.2) is 46.9 Å². The molecule has 6 heteroatoms. The first-order valence-electron chi connectivity index (χ1n) is 8.19. The molecule has 3 rings (SSSR count). The number of hydrogen-bond acceptors (Lipinski definition) is 4. The van der Waals surface area contributed by atoms with Crippen molar-refractivity contribution in [3.8, 4) is 5.75 Å². The third-order valence-corrected chi connectivity index (χ3v) is 4.09. The van der Waals surface area contributed by atoms with Gasteiger partial charge in [0.15, 0.2) is 0 Å². The normalized spacial score (nSPS) is 13.4. The minimum atomic E-state index is -0.267. The monoisotopic (exact) mass is 339 g/mol. The van der Waals surface area contributed by atoms with E-state index in [-0.39, 0.29) is 34.7 Å². The van der Waals surface area contributed by atoms with Crippen LogP contribution in [0.2, 0.25) is 0 Å². The molecule has 0 aliphatic heterocycles. The highest BCUT2D eigenvalue weighted by Gasteiger charge is 2.35. The summed E-state index contributed by atoms with van der Waals surface area (Å²) in [6.07, 6.45) is 3.56. The zero-order valence-corrected chi connectivity index (χ0v) is 14.6. The lowest BCUT2D eigenvalue weighted by Gasteiger charge is -2.22. The Kier molecular flexibility index (Phi) is 4.44. The molecular formula is C19H21N3O3. The van der Waals surface area contributed by atoms with Crippen molar-refractivity contribution in [2.45, 2.75) is 25.8 Å². The highest BCUT2D eigenvalue weighted by molar-refractivity contribution is 6.08. The first kappa shape index (κ1) is 17.0. The van der Waals surface area contributed by atoms with E-state index in [1.54, 1.807) is 25.2 Å². The number of carbonyl (C=O) groups is 2. The number of nitrogens with zero attached hydrogens (tertiary/aromatic N) is 3. The summed E-state index contributed by atoms with van der Waals surface area (Å²) in [6.45, 7) is 1.94. The summed E-state index contributed by atoms with van der Waals surface area (Å²) in [7, 11) is 3.25. The predicted molar refractivity (Wildman–Crippen MR) is 94.9 cm³/mol. The van der Waals surface area contributed by atoms with E-state index in [0.29, 0.717) is 5.82 Å². The van der Waals surface area contributed by atoms with Gasteiger partial charge >= 0.3 is 0 Å². The van der Waals surface area contributed by atoms with Crippen molar-refractivity contribution in [3.05, 3.63) is 53.2 Å². The molecule has 25 heavy (non-hydrogen) atoms. The van der Waals surface area contributed by atoms with E-state index >= 15 is 0 Å². The third-order valence-electron chi connectivity index (χ3n) is 4.09. The lowest BCUT2D eigenvalue weighted by Crippen LogP contribution is -2.34. The lowest BCUT2D eigenvalue weighted by atomic mass is 10.1. The van der Waals surface area contributed by atoms with Crippen LogP contribution in [0.4, 0.5) is 5.82 Å². The van der Waals surface area contributed by atoms with Gasteiger partial charge in [0.25, 0.3) is 11.8 Å². The van der Waals surface area contributed by atoms with Crippen molar-refractivity contribution >= 4 is 17.6 Å². The Morgan fingerprint density at radius 2 is 1.72 bits per heavy atom. The molecule has 1 aliphatic rings. The van der Waals surface area contributed by atoms with Crippen molar-refractivity contribution < 1.29 is 14.7 Å². The van der Waals surface area contributed by atoms with Crippen LogP contribution in [0.5, 0.6) is 5.75 Å². The zero-order chi connectivity index (χ0) is 18.1. The Bertz CT molecular complexity index is 811. The van der Waals surface area contributed by atoms with E-state index in [9.17, 15) is 14.7 Å². The molecule has 0 saturated heterocycles. The number of amides is 2. The summed E-state index contributed by atoms with van der Waals surface area (Å²) in [5.41, 5.74) is 1.57. The Morgan fingerprint density at radius 1 is 1.08 bits per heavy atom. The summed E-state index contributed by atoms with van der Waals surface area (Å²) < 4.78 is 0. The lowest BCUT2D eigenvalue weighted by molar-refractivity contribution is 0.0827. The standard InChI is InChI=1S/C19H21N3O3/c1-12-4-7-17(20-11-12)22(15-5-6-15)19(25)14-8-13(9-16(23)10-14)18(24)21(2)3/h4,7-11,15,23H,5-6H2,1-3H3. The maximum absolute atomic E-state index is 13.1. The highest BCUT2D eigenvalue weighted by Crippen LogP contribution is 2.32. The quantitative estimate of drug-likeness (QED) is 0.929. The smallest absolute Gasteiger partial charge is 0.259 e. The van der Waals surface area contributed by atoms with Crippen LogP contribution >= 0.6 is 0 Å². The maximum atomic E-state index is 13.1. The number of pyridine rings is 1. The second-order valence-electron chi connectivity index (χ2n) is 6.57. The number of anilines is 1. The average Bonchev–Trinajstić information content (AvgIpc) is 3.40. The first-order valence-corrected chi connectivity index (χ1v) is 8.19. The Labute approximate surface area is 146 Å². The number of aromatic nitrogens is 1. The molecule has 0 spiro atoms. The molecule has 1 aromatic carbocycles. The van der Waals surface area contributed by atoms with Gasteiger partial charge in [0.1, 0.15) is 11.6 Å². The highest BCUT2D eigenvalue weighted by atomic mass is 16.3. The van der Waals surface area contributed by atoms with Crippen LogP contribution in [0.15, 0.2) is 36.5 Å².